The fourth-order valence-corrected chi connectivity index (χ4v) is 3.65. The van der Waals surface area contributed by atoms with E-state index >= 15 is 0 Å². The van der Waals surface area contributed by atoms with Gasteiger partial charge in [0.15, 0.2) is 0 Å². The fraction of sp³-hybridized carbons (Fsp3) is 0.318. The lowest BCUT2D eigenvalue weighted by Gasteiger charge is -2.41. The van der Waals surface area contributed by atoms with E-state index in [2.05, 4.69) is 31.2 Å². The molecule has 0 radical (unpaired) electrons. The SMILES string of the molecule is N#CCC1(N/C=C(/C(N)=O)C(N)=Nc2ccnc(F)c2)CCN(Cc2cccc(=O)[nH]2)CC1. The molecule has 3 heterocycles. The van der Waals surface area contributed by atoms with Crippen molar-refractivity contribution in [1.82, 2.24) is 20.2 Å². The Morgan fingerprint density at radius 3 is 2.76 bits per heavy atom. The summed E-state index contributed by atoms with van der Waals surface area (Å²) in [5, 5.41) is 12.5. The van der Waals surface area contributed by atoms with Crippen molar-refractivity contribution in [3.8, 4) is 6.07 Å². The van der Waals surface area contributed by atoms with E-state index in [4.69, 9.17) is 11.5 Å². The number of aromatic nitrogens is 2. The van der Waals surface area contributed by atoms with Crippen LogP contribution >= 0.6 is 0 Å². The molecule has 1 saturated heterocycles. The molecular formula is C22H25FN8O2. The van der Waals surface area contributed by atoms with Crippen molar-refractivity contribution < 1.29 is 9.18 Å². The van der Waals surface area contributed by atoms with Gasteiger partial charge in [0.2, 0.25) is 11.5 Å². The third-order valence-electron chi connectivity index (χ3n) is 5.48. The summed E-state index contributed by atoms with van der Waals surface area (Å²) in [7, 11) is 0. The summed E-state index contributed by atoms with van der Waals surface area (Å²) in [6.07, 6.45) is 4.05. The Morgan fingerprint density at radius 1 is 1.36 bits per heavy atom. The first-order valence-corrected chi connectivity index (χ1v) is 10.3. The number of H-pyrrole nitrogens is 1. The number of aromatic amines is 1. The van der Waals surface area contributed by atoms with Crippen LogP contribution in [0.4, 0.5) is 10.1 Å². The summed E-state index contributed by atoms with van der Waals surface area (Å²) in [5.74, 6) is -1.72. The second kappa shape index (κ2) is 10.5. The van der Waals surface area contributed by atoms with Crippen LogP contribution in [0.5, 0.6) is 0 Å². The average Bonchev–Trinajstić information content (AvgIpc) is 2.75. The number of nitrogens with zero attached hydrogens (tertiary/aromatic N) is 4. The highest BCUT2D eigenvalue weighted by molar-refractivity contribution is 6.20. The van der Waals surface area contributed by atoms with E-state index in [0.717, 1.165) is 11.8 Å². The van der Waals surface area contributed by atoms with Crippen LogP contribution < -0.4 is 22.3 Å². The van der Waals surface area contributed by atoms with E-state index in [0.29, 0.717) is 32.5 Å². The van der Waals surface area contributed by atoms with Crippen molar-refractivity contribution in [3.63, 3.8) is 0 Å². The van der Waals surface area contributed by atoms with Gasteiger partial charge >= 0.3 is 0 Å². The lowest BCUT2D eigenvalue weighted by atomic mass is 9.84. The number of aliphatic imine (C=N–C) groups is 1. The van der Waals surface area contributed by atoms with E-state index in [9.17, 15) is 19.2 Å². The first-order chi connectivity index (χ1) is 15.8. The smallest absolute Gasteiger partial charge is 0.253 e. The average molecular weight is 452 g/mol. The summed E-state index contributed by atoms with van der Waals surface area (Å²) in [5.41, 5.74) is 11.6. The molecule has 11 heteroatoms. The zero-order valence-corrected chi connectivity index (χ0v) is 17.9. The van der Waals surface area contributed by atoms with Crippen LogP contribution in [-0.4, -0.2) is 45.2 Å². The molecule has 3 rings (SSSR count). The molecule has 0 spiro atoms. The number of primary amides is 1. The van der Waals surface area contributed by atoms with Gasteiger partial charge < -0.3 is 21.8 Å². The van der Waals surface area contributed by atoms with Crippen LogP contribution in [0.3, 0.4) is 0 Å². The Labute approximate surface area is 189 Å². The molecule has 0 unspecified atom stereocenters. The lowest BCUT2D eigenvalue weighted by molar-refractivity contribution is -0.114. The van der Waals surface area contributed by atoms with Crippen molar-refractivity contribution in [1.29, 1.82) is 5.26 Å². The maximum Gasteiger partial charge on any atom is 0.253 e. The Hall–Kier alpha value is -4.04. The molecule has 0 saturated carbocycles. The van der Waals surface area contributed by atoms with E-state index in [1.165, 1.54) is 24.5 Å². The summed E-state index contributed by atoms with van der Waals surface area (Å²) in [6.45, 7) is 1.93. The summed E-state index contributed by atoms with van der Waals surface area (Å²) in [6, 6.07) is 9.74. The predicted octanol–water partition coefficient (Wildman–Crippen LogP) is 0.805. The summed E-state index contributed by atoms with van der Waals surface area (Å²) >= 11 is 0. The number of amidine groups is 1. The second-order valence-corrected chi connectivity index (χ2v) is 7.83. The van der Waals surface area contributed by atoms with Crippen molar-refractivity contribution in [2.75, 3.05) is 13.1 Å². The highest BCUT2D eigenvalue weighted by Gasteiger charge is 2.34. The first kappa shape index (κ1) is 23.6. The molecule has 0 atom stereocenters. The number of rotatable bonds is 8. The third-order valence-corrected chi connectivity index (χ3v) is 5.48. The lowest BCUT2D eigenvalue weighted by Crippen LogP contribution is -2.51. The minimum atomic E-state index is -0.809. The first-order valence-electron chi connectivity index (χ1n) is 10.3. The molecule has 0 bridgehead atoms. The maximum atomic E-state index is 13.3. The highest BCUT2D eigenvalue weighted by atomic mass is 19.1. The van der Waals surface area contributed by atoms with Gasteiger partial charge in [-0.15, -0.1) is 0 Å². The van der Waals surface area contributed by atoms with E-state index in [-0.39, 0.29) is 29.1 Å². The van der Waals surface area contributed by atoms with Crippen molar-refractivity contribution in [3.05, 3.63) is 70.3 Å². The molecule has 172 valence electrons. The van der Waals surface area contributed by atoms with Crippen LogP contribution in [-0.2, 0) is 11.3 Å². The Balaban J connectivity index is 1.73. The van der Waals surface area contributed by atoms with Gasteiger partial charge in [0.05, 0.1) is 29.3 Å². The molecule has 10 nitrogen and oxygen atoms in total. The number of carbonyl (C=O) groups excluding carboxylic acids is 1. The van der Waals surface area contributed by atoms with Crippen LogP contribution in [0.15, 0.2) is 58.1 Å². The molecule has 33 heavy (non-hydrogen) atoms. The Morgan fingerprint density at radius 2 is 2.12 bits per heavy atom. The largest absolute Gasteiger partial charge is 0.384 e. The van der Waals surface area contributed by atoms with Crippen LogP contribution in [0.1, 0.15) is 25.0 Å². The van der Waals surface area contributed by atoms with Gasteiger partial charge in [-0.05, 0) is 25.0 Å². The molecule has 1 amide bonds. The van der Waals surface area contributed by atoms with Gasteiger partial charge in [-0.1, -0.05) is 6.07 Å². The molecule has 2 aromatic heterocycles. The van der Waals surface area contributed by atoms with E-state index in [1.54, 1.807) is 6.07 Å². The minimum Gasteiger partial charge on any atom is -0.384 e. The molecular weight excluding hydrogens is 427 g/mol. The summed E-state index contributed by atoms with van der Waals surface area (Å²) in [4.78, 5) is 36.0. The van der Waals surface area contributed by atoms with Crippen molar-refractivity contribution >= 4 is 17.4 Å². The molecule has 2 aromatic rings. The van der Waals surface area contributed by atoms with Gasteiger partial charge in [0, 0.05) is 49.9 Å². The van der Waals surface area contributed by atoms with Crippen LogP contribution in [0, 0.1) is 17.3 Å². The molecule has 1 aliphatic heterocycles. The van der Waals surface area contributed by atoms with Crippen LogP contribution in [0.25, 0.3) is 0 Å². The number of hydrogen-bond acceptors (Lipinski definition) is 7. The van der Waals surface area contributed by atoms with E-state index in [1.807, 2.05) is 6.07 Å². The number of carbonyl (C=O) groups is 1. The van der Waals surface area contributed by atoms with Gasteiger partial charge in [-0.25, -0.2) is 9.98 Å². The number of piperidine rings is 1. The zero-order chi connectivity index (χ0) is 23.8. The summed E-state index contributed by atoms with van der Waals surface area (Å²) < 4.78 is 13.3. The number of pyridine rings is 2. The van der Waals surface area contributed by atoms with Crippen molar-refractivity contribution in [2.45, 2.75) is 31.3 Å². The number of nitriles is 1. The van der Waals surface area contributed by atoms with Gasteiger partial charge in [0.25, 0.3) is 5.91 Å². The molecule has 0 aromatic carbocycles. The normalized spacial score (nSPS) is 16.7. The molecule has 0 aliphatic carbocycles. The number of halogens is 1. The van der Waals surface area contributed by atoms with Crippen molar-refractivity contribution in [2.24, 2.45) is 16.5 Å². The minimum absolute atomic E-state index is 0.0752. The monoisotopic (exact) mass is 452 g/mol. The number of amides is 1. The van der Waals surface area contributed by atoms with Crippen LogP contribution in [0.2, 0.25) is 0 Å². The fourth-order valence-electron chi connectivity index (χ4n) is 3.65. The Kier molecular flexibility index (Phi) is 7.53. The van der Waals surface area contributed by atoms with Gasteiger partial charge in [-0.2, -0.15) is 9.65 Å². The van der Waals surface area contributed by atoms with E-state index < -0.39 is 17.4 Å². The third kappa shape index (κ3) is 6.47. The van der Waals surface area contributed by atoms with Gasteiger partial charge in [-0.3, -0.25) is 14.5 Å². The number of hydrogen-bond donors (Lipinski definition) is 4. The zero-order valence-electron chi connectivity index (χ0n) is 17.9. The molecule has 1 fully saturated rings. The highest BCUT2D eigenvalue weighted by Crippen LogP contribution is 2.26. The maximum absolute atomic E-state index is 13.3. The quantitative estimate of drug-likeness (QED) is 0.199. The number of nitrogens with two attached hydrogens (primary N) is 2. The second-order valence-electron chi connectivity index (χ2n) is 7.83. The standard InChI is InChI=1S/C22H25FN8O2/c23-18-12-15(4-9-27-18)30-20(25)17(21(26)33)13-28-22(5-8-24)6-10-31(11-7-22)14-16-2-1-3-19(32)29-16/h1-4,9,12-13,28H,5-7,10-11,14H2,(H2,26,33)(H,29,32)(H2,25,27,30)/b17-13+. The predicted molar refractivity (Wildman–Crippen MR) is 120 cm³/mol. The Bertz CT molecular complexity index is 1160. The topological polar surface area (TPSA) is 166 Å². The number of likely N-dealkylation sites (tertiary alicyclic amines) is 1. The number of nitrogens with one attached hydrogen (secondary N) is 2. The van der Waals surface area contributed by atoms with Gasteiger partial charge in [0.1, 0.15) is 5.84 Å². The molecule has 6 N–H and O–H groups in total. The molecule has 1 aliphatic rings.